The number of rotatable bonds is 6. The van der Waals surface area contributed by atoms with Crippen LogP contribution in [0.15, 0.2) is 12.3 Å². The molecule has 0 atom stereocenters. The number of aliphatic hydroxyl groups excluding tert-OH is 1. The monoisotopic (exact) mass is 287 g/mol. The summed E-state index contributed by atoms with van der Waals surface area (Å²) in [6.07, 6.45) is 1.43. The molecule has 1 amide bonds. The zero-order valence-corrected chi connectivity index (χ0v) is 11.1. The van der Waals surface area contributed by atoms with Gasteiger partial charge in [0.05, 0.1) is 10.5 Å². The highest BCUT2D eigenvalue weighted by molar-refractivity contribution is 6.32. The van der Waals surface area contributed by atoms with E-state index in [2.05, 4.69) is 4.98 Å². The van der Waals surface area contributed by atoms with E-state index >= 15 is 0 Å². The molecule has 0 saturated carbocycles. The van der Waals surface area contributed by atoms with Crippen LogP contribution < -0.4 is 0 Å². The van der Waals surface area contributed by atoms with Gasteiger partial charge in [-0.2, -0.15) is 0 Å². The van der Waals surface area contributed by atoms with E-state index in [9.17, 15) is 14.9 Å². The van der Waals surface area contributed by atoms with Crippen LogP contribution in [0.5, 0.6) is 0 Å². The minimum atomic E-state index is -0.635. The number of nitrogens with zero attached hydrogens (tertiary/aromatic N) is 3. The first-order chi connectivity index (χ1) is 9.01. The topological polar surface area (TPSA) is 96.6 Å². The summed E-state index contributed by atoms with van der Waals surface area (Å²) in [6.45, 7) is 2.50. The normalized spacial score (nSPS) is 10.3. The van der Waals surface area contributed by atoms with Gasteiger partial charge in [-0.25, -0.2) is 4.98 Å². The van der Waals surface area contributed by atoms with E-state index in [1.807, 2.05) is 0 Å². The quantitative estimate of drug-likeness (QED) is 0.486. The zero-order chi connectivity index (χ0) is 14.4. The summed E-state index contributed by atoms with van der Waals surface area (Å²) in [5, 5.41) is 19.4. The van der Waals surface area contributed by atoms with Crippen LogP contribution >= 0.6 is 11.6 Å². The van der Waals surface area contributed by atoms with Crippen molar-refractivity contribution in [1.82, 2.24) is 9.88 Å². The van der Waals surface area contributed by atoms with E-state index < -0.39 is 10.8 Å². The maximum Gasteiger partial charge on any atom is 0.288 e. The molecule has 0 radical (unpaired) electrons. The lowest BCUT2D eigenvalue weighted by Gasteiger charge is -2.20. The molecule has 0 saturated heterocycles. The van der Waals surface area contributed by atoms with Crippen LogP contribution in [-0.2, 0) is 0 Å². The van der Waals surface area contributed by atoms with Gasteiger partial charge in [0, 0.05) is 25.8 Å². The standard InChI is InChI=1S/C11H14ClN3O4/c1-2-14(4-3-5-16)11(17)9-6-8(15(18)19)7-13-10(9)12/h6-7,16H,2-5H2,1H3. The lowest BCUT2D eigenvalue weighted by Crippen LogP contribution is -2.32. The maximum atomic E-state index is 12.2. The van der Waals surface area contributed by atoms with Gasteiger partial charge in [0.25, 0.3) is 11.6 Å². The number of carbonyl (C=O) groups excluding carboxylic acids is 1. The van der Waals surface area contributed by atoms with E-state index in [1.165, 1.54) is 4.90 Å². The summed E-state index contributed by atoms with van der Waals surface area (Å²) < 4.78 is 0. The van der Waals surface area contributed by atoms with Crippen LogP contribution in [0, 0.1) is 10.1 Å². The summed E-state index contributed by atoms with van der Waals surface area (Å²) in [7, 11) is 0. The molecule has 7 nitrogen and oxygen atoms in total. The number of pyridine rings is 1. The number of amides is 1. The Morgan fingerprint density at radius 1 is 1.63 bits per heavy atom. The first-order valence-electron chi connectivity index (χ1n) is 5.71. The highest BCUT2D eigenvalue weighted by Gasteiger charge is 2.21. The lowest BCUT2D eigenvalue weighted by molar-refractivity contribution is -0.385. The van der Waals surface area contributed by atoms with Crippen molar-refractivity contribution >= 4 is 23.2 Å². The molecule has 1 aromatic rings. The first-order valence-corrected chi connectivity index (χ1v) is 6.09. The number of hydrogen-bond donors (Lipinski definition) is 1. The fourth-order valence-electron chi connectivity index (χ4n) is 1.52. The lowest BCUT2D eigenvalue weighted by atomic mass is 10.2. The molecule has 1 aromatic heterocycles. The van der Waals surface area contributed by atoms with Gasteiger partial charge in [-0.3, -0.25) is 14.9 Å². The third-order valence-corrected chi connectivity index (χ3v) is 2.82. The van der Waals surface area contributed by atoms with Crippen molar-refractivity contribution in [2.45, 2.75) is 13.3 Å². The molecule has 104 valence electrons. The third kappa shape index (κ3) is 3.87. The van der Waals surface area contributed by atoms with E-state index in [4.69, 9.17) is 16.7 Å². The van der Waals surface area contributed by atoms with Gasteiger partial charge >= 0.3 is 0 Å². The Morgan fingerprint density at radius 3 is 2.84 bits per heavy atom. The van der Waals surface area contributed by atoms with E-state index in [1.54, 1.807) is 6.92 Å². The van der Waals surface area contributed by atoms with Crippen molar-refractivity contribution in [2.75, 3.05) is 19.7 Å². The average Bonchev–Trinajstić information content (AvgIpc) is 2.39. The van der Waals surface area contributed by atoms with Gasteiger partial charge < -0.3 is 10.0 Å². The average molecular weight is 288 g/mol. The van der Waals surface area contributed by atoms with Gasteiger partial charge in [0.1, 0.15) is 11.3 Å². The Balaban J connectivity index is 3.02. The summed E-state index contributed by atoms with van der Waals surface area (Å²) in [5.74, 6) is -0.433. The molecule has 0 aliphatic heterocycles. The summed E-state index contributed by atoms with van der Waals surface area (Å²) >= 11 is 5.80. The molecule has 0 aromatic carbocycles. The predicted octanol–water partition coefficient (Wildman–Crippen LogP) is 1.49. The number of halogens is 1. The van der Waals surface area contributed by atoms with Crippen LogP contribution in [0.1, 0.15) is 23.7 Å². The second kappa shape index (κ2) is 7.01. The van der Waals surface area contributed by atoms with Crippen molar-refractivity contribution < 1.29 is 14.8 Å². The summed E-state index contributed by atoms with van der Waals surface area (Å²) in [6, 6.07) is 1.11. The van der Waals surface area contributed by atoms with Crippen molar-refractivity contribution in [1.29, 1.82) is 0 Å². The first kappa shape index (κ1) is 15.3. The highest BCUT2D eigenvalue weighted by Crippen LogP contribution is 2.20. The second-order valence-electron chi connectivity index (χ2n) is 3.75. The highest BCUT2D eigenvalue weighted by atomic mass is 35.5. The summed E-state index contributed by atoms with van der Waals surface area (Å²) in [5.41, 5.74) is -0.290. The van der Waals surface area contributed by atoms with Crippen molar-refractivity contribution in [3.63, 3.8) is 0 Å². The second-order valence-corrected chi connectivity index (χ2v) is 4.11. The van der Waals surface area contributed by atoms with Crippen molar-refractivity contribution in [3.8, 4) is 0 Å². The molecule has 0 aliphatic carbocycles. The fraction of sp³-hybridized carbons (Fsp3) is 0.455. The van der Waals surface area contributed by atoms with Gasteiger partial charge in [-0.05, 0) is 13.3 Å². The van der Waals surface area contributed by atoms with Gasteiger partial charge in [-0.1, -0.05) is 11.6 Å². The van der Waals surface area contributed by atoms with Crippen LogP contribution in [0.25, 0.3) is 0 Å². The number of hydrogen-bond acceptors (Lipinski definition) is 5. The number of aliphatic hydroxyl groups is 1. The summed E-state index contributed by atoms with van der Waals surface area (Å²) in [4.78, 5) is 27.3. The Morgan fingerprint density at radius 2 is 2.32 bits per heavy atom. The van der Waals surface area contributed by atoms with Crippen LogP contribution in [0.2, 0.25) is 5.15 Å². The molecule has 1 N–H and O–H groups in total. The van der Waals surface area contributed by atoms with Crippen LogP contribution in [0.3, 0.4) is 0 Å². The number of aromatic nitrogens is 1. The van der Waals surface area contributed by atoms with Gasteiger partial charge in [-0.15, -0.1) is 0 Å². The minimum absolute atomic E-state index is 0.00402. The van der Waals surface area contributed by atoms with Crippen LogP contribution in [0.4, 0.5) is 5.69 Å². The molecule has 0 fully saturated rings. The largest absolute Gasteiger partial charge is 0.396 e. The Labute approximate surface area is 115 Å². The van der Waals surface area contributed by atoms with Gasteiger partial charge in [0.2, 0.25) is 0 Å². The Hall–Kier alpha value is -1.73. The van der Waals surface area contributed by atoms with Gasteiger partial charge in [0.15, 0.2) is 0 Å². The molecule has 0 bridgehead atoms. The smallest absolute Gasteiger partial charge is 0.288 e. The predicted molar refractivity (Wildman–Crippen MR) is 69.2 cm³/mol. The fourth-order valence-corrected chi connectivity index (χ4v) is 1.71. The zero-order valence-electron chi connectivity index (χ0n) is 10.4. The minimum Gasteiger partial charge on any atom is -0.396 e. The van der Waals surface area contributed by atoms with Crippen LogP contribution in [-0.4, -0.2) is 45.5 Å². The Kier molecular flexibility index (Phi) is 5.65. The SMILES string of the molecule is CCN(CCCO)C(=O)c1cc([N+](=O)[O-])cnc1Cl. The third-order valence-electron chi connectivity index (χ3n) is 2.52. The molecular weight excluding hydrogens is 274 g/mol. The molecule has 0 unspecified atom stereocenters. The maximum absolute atomic E-state index is 12.2. The molecular formula is C11H14ClN3O4. The molecule has 1 rings (SSSR count). The molecule has 8 heteroatoms. The molecule has 0 spiro atoms. The molecule has 1 heterocycles. The molecule has 19 heavy (non-hydrogen) atoms. The molecule has 0 aliphatic rings. The number of carbonyl (C=O) groups is 1. The van der Waals surface area contributed by atoms with E-state index in [0.29, 0.717) is 19.5 Å². The van der Waals surface area contributed by atoms with E-state index in [0.717, 1.165) is 12.3 Å². The van der Waals surface area contributed by atoms with Crippen molar-refractivity contribution in [3.05, 3.63) is 33.1 Å². The Bertz CT molecular complexity index is 481. The van der Waals surface area contributed by atoms with Crippen molar-refractivity contribution in [2.24, 2.45) is 0 Å². The number of nitro groups is 1. The van der Waals surface area contributed by atoms with E-state index in [-0.39, 0.29) is 23.0 Å².